The van der Waals surface area contributed by atoms with Crippen LogP contribution in [0.1, 0.15) is 16.0 Å². The van der Waals surface area contributed by atoms with Crippen LogP contribution in [-0.4, -0.2) is 31.4 Å². The summed E-state index contributed by atoms with van der Waals surface area (Å²) in [7, 11) is 6.05. The third kappa shape index (κ3) is 5.64. The second-order valence-electron chi connectivity index (χ2n) is 10.5. The van der Waals surface area contributed by atoms with Gasteiger partial charge in [0.05, 0.1) is 5.56 Å². The highest BCUT2D eigenvalue weighted by Gasteiger charge is 2.25. The van der Waals surface area contributed by atoms with Crippen LogP contribution in [-0.2, 0) is 0 Å². The largest absolute Gasteiger partial charge is 0.379 e. The van der Waals surface area contributed by atoms with Crippen molar-refractivity contribution in [1.29, 1.82) is 5.26 Å². The van der Waals surface area contributed by atoms with Gasteiger partial charge < -0.3 is 10.2 Å². The lowest BCUT2D eigenvalue weighted by atomic mass is 9.90. The fourth-order valence-corrected chi connectivity index (χ4v) is 6.72. The average molecular weight is 590 g/mol. The molecule has 0 saturated heterocycles. The predicted octanol–water partition coefficient (Wildman–Crippen LogP) is 9.44. The molecule has 0 radical (unpaired) electrons. The van der Waals surface area contributed by atoms with Crippen LogP contribution in [0.15, 0.2) is 145 Å². The summed E-state index contributed by atoms with van der Waals surface area (Å²) in [5.74, 6) is 0. The molecule has 0 fully saturated rings. The Hall–Kier alpha value is -5.44. The summed E-state index contributed by atoms with van der Waals surface area (Å²) in [6, 6.07) is 42.2. The Morgan fingerprint density at radius 1 is 0.750 bits per heavy atom. The maximum absolute atomic E-state index is 10.3. The fraction of sp³-hybridized carbons (Fsp3) is 0.0769. The van der Waals surface area contributed by atoms with E-state index in [2.05, 4.69) is 144 Å². The van der Waals surface area contributed by atoms with E-state index in [1.54, 1.807) is 11.3 Å². The molecule has 1 aliphatic carbocycles. The lowest BCUT2D eigenvalue weighted by Gasteiger charge is -2.20. The molecule has 44 heavy (non-hydrogen) atoms. The molecule has 1 aromatic heterocycles. The highest BCUT2D eigenvalue weighted by atomic mass is 32.1. The monoisotopic (exact) mass is 589 g/mol. The molecule has 0 saturated carbocycles. The van der Waals surface area contributed by atoms with Crippen LogP contribution in [0, 0.1) is 11.3 Å². The lowest BCUT2D eigenvalue weighted by Crippen LogP contribution is -2.10. The predicted molar refractivity (Wildman–Crippen MR) is 187 cm³/mol. The molecule has 0 bridgehead atoms. The summed E-state index contributed by atoms with van der Waals surface area (Å²) < 4.78 is 2.19. The first-order valence-electron chi connectivity index (χ1n) is 14.5. The van der Waals surface area contributed by atoms with Gasteiger partial charge in [0.15, 0.2) is 0 Å². The van der Waals surface area contributed by atoms with E-state index in [0.29, 0.717) is 5.56 Å². The van der Waals surface area contributed by atoms with Gasteiger partial charge in [-0.25, -0.2) is 0 Å². The van der Waals surface area contributed by atoms with Crippen molar-refractivity contribution in [2.75, 3.05) is 31.4 Å². The maximum atomic E-state index is 10.3. The van der Waals surface area contributed by atoms with Crippen molar-refractivity contribution in [3.63, 3.8) is 0 Å². The maximum Gasteiger partial charge on any atom is 0.205 e. The van der Waals surface area contributed by atoms with Crippen LogP contribution in [0.4, 0.5) is 22.1 Å². The third-order valence-corrected chi connectivity index (χ3v) is 9.13. The number of thiophene rings is 1. The summed E-state index contributed by atoms with van der Waals surface area (Å²) in [6.45, 7) is 0. The zero-order valence-electron chi connectivity index (χ0n) is 25.0. The normalized spacial score (nSPS) is 12.1. The van der Waals surface area contributed by atoms with Crippen molar-refractivity contribution in [3.8, 4) is 17.2 Å². The van der Waals surface area contributed by atoms with E-state index in [4.69, 9.17) is 0 Å². The first-order valence-corrected chi connectivity index (χ1v) is 15.4. The molecule has 1 heterocycles. The van der Waals surface area contributed by atoms with Crippen LogP contribution >= 0.6 is 11.3 Å². The molecule has 0 aliphatic heterocycles. The highest BCUT2D eigenvalue weighted by Crippen LogP contribution is 2.46. The van der Waals surface area contributed by atoms with E-state index in [-0.39, 0.29) is 0 Å². The summed E-state index contributed by atoms with van der Waals surface area (Å²) >= 11 is 1.63. The number of hydrogen-bond acceptors (Lipinski definition) is 4. The van der Waals surface area contributed by atoms with Gasteiger partial charge in [0.2, 0.25) is 11.4 Å². The second kappa shape index (κ2) is 12.8. The fourth-order valence-electron chi connectivity index (χ4n) is 5.50. The summed E-state index contributed by atoms with van der Waals surface area (Å²) in [6.07, 6.45) is 8.71. The van der Waals surface area contributed by atoms with Gasteiger partial charge in [0, 0.05) is 65.8 Å². The Balaban J connectivity index is 1.53. The zero-order chi connectivity index (χ0) is 30.5. The number of benzene rings is 4. The van der Waals surface area contributed by atoms with Crippen molar-refractivity contribution in [1.82, 2.24) is 0 Å². The van der Waals surface area contributed by atoms with Gasteiger partial charge in [-0.1, -0.05) is 78.9 Å². The van der Waals surface area contributed by atoms with Crippen LogP contribution < -0.4 is 10.2 Å². The van der Waals surface area contributed by atoms with Gasteiger partial charge in [-0.15, -0.1) is 11.3 Å². The number of hydrogen-bond donors (Lipinski definition) is 1. The molecule has 0 spiro atoms. The Morgan fingerprint density at radius 2 is 1.32 bits per heavy atom. The quantitative estimate of drug-likeness (QED) is 0.192. The minimum atomic E-state index is 0.664. The minimum Gasteiger partial charge on any atom is -0.379 e. The summed E-state index contributed by atoms with van der Waals surface area (Å²) in [5, 5.41) is 14.5. The second-order valence-corrected chi connectivity index (χ2v) is 11.5. The van der Waals surface area contributed by atoms with Crippen LogP contribution in [0.3, 0.4) is 0 Å². The summed E-state index contributed by atoms with van der Waals surface area (Å²) in [4.78, 5) is 3.25. The lowest BCUT2D eigenvalue weighted by molar-refractivity contribution is -0.403. The molecule has 0 amide bonds. The summed E-state index contributed by atoms with van der Waals surface area (Å²) in [5.41, 5.74) is 10.4. The molecular formula is C39H33N4S+. The third-order valence-electron chi connectivity index (χ3n) is 7.91. The Bertz CT molecular complexity index is 1920. The van der Waals surface area contributed by atoms with E-state index in [9.17, 15) is 5.26 Å². The van der Waals surface area contributed by atoms with Gasteiger partial charge in [-0.3, -0.25) is 0 Å². The van der Waals surface area contributed by atoms with Crippen LogP contribution in [0.5, 0.6) is 0 Å². The average Bonchev–Trinajstić information content (AvgIpc) is 3.47. The van der Waals surface area contributed by atoms with E-state index >= 15 is 0 Å². The Kier molecular flexibility index (Phi) is 8.36. The molecule has 4 nitrogen and oxygen atoms in total. The SMILES string of the molecule is CNc1sc(C(=C2C=CC(=[N+](C)c3ccccc3)C=C2)c2ccc(N(C)c3ccccc3)cc2)c(-c2ccccc2)c1C#N. The van der Waals surface area contributed by atoms with Crippen LogP contribution in [0.25, 0.3) is 16.7 Å². The van der Waals surface area contributed by atoms with Crippen molar-refractivity contribution < 1.29 is 4.58 Å². The first kappa shape index (κ1) is 28.7. The molecule has 4 aromatic carbocycles. The molecular weight excluding hydrogens is 557 g/mol. The van der Waals surface area contributed by atoms with Crippen molar-refractivity contribution >= 4 is 44.7 Å². The molecule has 1 N–H and O–H groups in total. The number of para-hydroxylation sites is 2. The number of anilines is 3. The number of nitrogens with zero attached hydrogens (tertiary/aromatic N) is 3. The van der Waals surface area contributed by atoms with E-state index < -0.39 is 0 Å². The number of nitrogens with one attached hydrogen (secondary N) is 1. The van der Waals surface area contributed by atoms with Gasteiger partial charge >= 0.3 is 0 Å². The van der Waals surface area contributed by atoms with Crippen molar-refractivity contribution in [2.45, 2.75) is 0 Å². The topological polar surface area (TPSA) is 42.1 Å². The van der Waals surface area contributed by atoms with Crippen LogP contribution in [0.2, 0.25) is 0 Å². The highest BCUT2D eigenvalue weighted by molar-refractivity contribution is 7.18. The van der Waals surface area contributed by atoms with Gasteiger partial charge in [0.1, 0.15) is 18.1 Å². The molecule has 6 rings (SSSR count). The number of nitriles is 1. The minimum absolute atomic E-state index is 0.664. The molecule has 1 aliphatic rings. The number of allylic oxidation sites excluding steroid dienone is 5. The molecule has 5 heteroatoms. The van der Waals surface area contributed by atoms with E-state index in [0.717, 1.165) is 60.5 Å². The van der Waals surface area contributed by atoms with Gasteiger partial charge in [0.25, 0.3) is 0 Å². The molecule has 0 unspecified atom stereocenters. The van der Waals surface area contributed by atoms with Crippen molar-refractivity contribution in [2.24, 2.45) is 0 Å². The molecule has 0 atom stereocenters. The van der Waals surface area contributed by atoms with Gasteiger partial charge in [-0.05, 0) is 53.1 Å². The first-order chi connectivity index (χ1) is 21.6. The zero-order valence-corrected chi connectivity index (χ0v) is 25.8. The Labute approximate surface area is 263 Å². The Morgan fingerprint density at radius 3 is 1.91 bits per heavy atom. The standard InChI is InChI=1S/C39H32N4S/c1-41-39-35(27-40)37(28-13-7-4-8-14-28)38(44-39)36(29-19-23-33(24-20-29)42(2)31-15-9-5-10-16-31)30-21-25-34(26-22-30)43(3)32-17-11-6-12-18-32/h4-26H,1-3H3/p+1. The molecule has 214 valence electrons. The van der Waals surface area contributed by atoms with E-state index in [1.165, 1.54) is 0 Å². The van der Waals surface area contributed by atoms with Gasteiger partial charge in [-0.2, -0.15) is 9.84 Å². The number of rotatable bonds is 7. The smallest absolute Gasteiger partial charge is 0.205 e. The van der Waals surface area contributed by atoms with E-state index in [1.807, 2.05) is 37.4 Å². The van der Waals surface area contributed by atoms with Crippen molar-refractivity contribution in [3.05, 3.63) is 161 Å². The molecule has 5 aromatic rings.